The third-order valence-corrected chi connectivity index (χ3v) is 9.56. The summed E-state index contributed by atoms with van der Waals surface area (Å²) in [5.74, 6) is -0.334. The first-order valence-electron chi connectivity index (χ1n) is 10.9. The van der Waals surface area contributed by atoms with E-state index in [0.29, 0.717) is 23.8 Å². The quantitative estimate of drug-likeness (QED) is 0.665. The molecule has 3 N–H and O–H groups in total. The Morgan fingerprint density at radius 2 is 1.81 bits per heavy atom. The highest BCUT2D eigenvalue weighted by Crippen LogP contribution is 2.66. The van der Waals surface area contributed by atoms with Crippen LogP contribution < -0.4 is 10.5 Å². The molecule has 0 heterocycles. The van der Waals surface area contributed by atoms with Crippen molar-refractivity contribution in [3.05, 3.63) is 29.6 Å². The Labute approximate surface area is 183 Å². The van der Waals surface area contributed by atoms with E-state index in [-0.39, 0.29) is 28.4 Å². The molecule has 5 rings (SSSR count). The van der Waals surface area contributed by atoms with Gasteiger partial charge in [-0.1, -0.05) is 6.07 Å². The van der Waals surface area contributed by atoms with Crippen LogP contribution in [-0.4, -0.2) is 25.6 Å². The van der Waals surface area contributed by atoms with Gasteiger partial charge in [0.2, 0.25) is 15.9 Å². The van der Waals surface area contributed by atoms with E-state index in [4.69, 9.17) is 5.73 Å². The SMILES string of the molecule is Cc1ccc(F)cc1S(=O)(=O)NC(C)(C)C(=O)CC12CC3CC(C1)CC(C(N)=O)(C3)C2. The number of rotatable bonds is 7. The average Bonchev–Trinajstić information content (AvgIpc) is 2.61. The van der Waals surface area contributed by atoms with Crippen molar-refractivity contribution in [1.82, 2.24) is 4.72 Å². The number of nitrogens with two attached hydrogens (primary N) is 1. The van der Waals surface area contributed by atoms with Gasteiger partial charge in [-0.2, -0.15) is 4.72 Å². The van der Waals surface area contributed by atoms with Crippen LogP contribution in [0.2, 0.25) is 0 Å². The number of amides is 1. The molecule has 1 aromatic rings. The number of carbonyl (C=O) groups excluding carboxylic acids is 2. The van der Waals surface area contributed by atoms with Crippen molar-refractivity contribution >= 4 is 21.7 Å². The zero-order chi connectivity index (χ0) is 22.8. The first-order valence-corrected chi connectivity index (χ1v) is 12.4. The number of sulfonamides is 1. The number of halogens is 1. The number of carbonyl (C=O) groups is 2. The fraction of sp³-hybridized carbons (Fsp3) is 0.652. The third kappa shape index (κ3) is 3.93. The van der Waals surface area contributed by atoms with Gasteiger partial charge in [0.25, 0.3) is 0 Å². The molecule has 0 saturated heterocycles. The molecular formula is C23H31FN2O4S. The van der Waals surface area contributed by atoms with Crippen LogP contribution in [-0.2, 0) is 19.6 Å². The van der Waals surface area contributed by atoms with Crippen molar-refractivity contribution in [2.45, 2.75) is 76.2 Å². The van der Waals surface area contributed by atoms with Crippen LogP contribution in [0.25, 0.3) is 0 Å². The second-order valence-electron chi connectivity index (χ2n) is 10.8. The Hall–Kier alpha value is -1.80. The van der Waals surface area contributed by atoms with Crippen LogP contribution in [0, 0.1) is 35.4 Å². The zero-order valence-corrected chi connectivity index (χ0v) is 19.1. The molecule has 1 amide bonds. The zero-order valence-electron chi connectivity index (χ0n) is 18.3. The number of ketones is 1. The van der Waals surface area contributed by atoms with E-state index in [1.807, 2.05) is 0 Å². The molecule has 6 nitrogen and oxygen atoms in total. The predicted octanol–water partition coefficient (Wildman–Crippen LogP) is 3.22. The van der Waals surface area contributed by atoms with Gasteiger partial charge in [-0.05, 0) is 94.2 Å². The molecule has 170 valence electrons. The van der Waals surface area contributed by atoms with Gasteiger partial charge < -0.3 is 5.73 Å². The lowest BCUT2D eigenvalue weighted by molar-refractivity contribution is -0.158. The molecule has 4 saturated carbocycles. The van der Waals surface area contributed by atoms with E-state index in [2.05, 4.69) is 4.72 Å². The maximum atomic E-state index is 13.7. The van der Waals surface area contributed by atoms with Crippen molar-refractivity contribution in [2.75, 3.05) is 0 Å². The average molecular weight is 451 g/mol. The monoisotopic (exact) mass is 450 g/mol. The van der Waals surface area contributed by atoms with Crippen molar-refractivity contribution in [3.63, 3.8) is 0 Å². The molecule has 0 spiro atoms. The van der Waals surface area contributed by atoms with Gasteiger partial charge in [0.15, 0.2) is 5.78 Å². The molecule has 8 heteroatoms. The molecule has 0 radical (unpaired) electrons. The third-order valence-electron chi connectivity index (χ3n) is 7.77. The summed E-state index contributed by atoms with van der Waals surface area (Å²) in [6.45, 7) is 4.68. The fourth-order valence-corrected chi connectivity index (χ4v) is 8.48. The Balaban J connectivity index is 1.55. The maximum Gasteiger partial charge on any atom is 0.241 e. The Morgan fingerprint density at radius 3 is 2.39 bits per heavy atom. The Bertz CT molecular complexity index is 1040. The highest BCUT2D eigenvalue weighted by atomic mass is 32.2. The molecule has 2 unspecified atom stereocenters. The number of benzene rings is 1. The minimum absolute atomic E-state index is 0.170. The van der Waals surface area contributed by atoms with Crippen molar-refractivity contribution in [3.8, 4) is 0 Å². The number of primary amides is 1. The molecule has 31 heavy (non-hydrogen) atoms. The number of hydrogen-bond acceptors (Lipinski definition) is 4. The van der Waals surface area contributed by atoms with E-state index in [0.717, 1.165) is 38.2 Å². The van der Waals surface area contributed by atoms with Crippen LogP contribution in [0.3, 0.4) is 0 Å². The molecule has 2 atom stereocenters. The molecule has 4 bridgehead atoms. The predicted molar refractivity (Wildman–Crippen MR) is 114 cm³/mol. The summed E-state index contributed by atoms with van der Waals surface area (Å²) in [5, 5.41) is 0. The fourth-order valence-electron chi connectivity index (χ4n) is 6.82. The summed E-state index contributed by atoms with van der Waals surface area (Å²) in [6.07, 6.45) is 5.30. The number of aryl methyl sites for hydroxylation is 1. The second-order valence-corrected chi connectivity index (χ2v) is 12.5. The molecule has 4 aliphatic rings. The summed E-state index contributed by atoms with van der Waals surface area (Å²) in [7, 11) is -4.09. The lowest BCUT2D eigenvalue weighted by Gasteiger charge is -2.61. The Morgan fingerprint density at radius 1 is 1.19 bits per heavy atom. The van der Waals surface area contributed by atoms with E-state index < -0.39 is 26.8 Å². The molecule has 4 aliphatic carbocycles. The van der Waals surface area contributed by atoms with E-state index in [1.54, 1.807) is 20.8 Å². The normalized spacial score (nSPS) is 32.3. The Kier molecular flexibility index (Phi) is 5.13. The second kappa shape index (κ2) is 7.10. The van der Waals surface area contributed by atoms with Gasteiger partial charge >= 0.3 is 0 Å². The van der Waals surface area contributed by atoms with Gasteiger partial charge in [-0.25, -0.2) is 12.8 Å². The van der Waals surface area contributed by atoms with E-state index in [1.165, 1.54) is 12.1 Å². The van der Waals surface area contributed by atoms with Gasteiger partial charge in [-0.15, -0.1) is 0 Å². The van der Waals surface area contributed by atoms with Gasteiger partial charge in [0.1, 0.15) is 5.82 Å². The minimum Gasteiger partial charge on any atom is -0.369 e. The minimum atomic E-state index is -4.09. The topological polar surface area (TPSA) is 106 Å². The van der Waals surface area contributed by atoms with Crippen LogP contribution in [0.1, 0.15) is 64.4 Å². The van der Waals surface area contributed by atoms with Gasteiger partial charge in [0.05, 0.1) is 15.8 Å². The van der Waals surface area contributed by atoms with Crippen LogP contribution in [0.4, 0.5) is 4.39 Å². The standard InChI is InChI=1S/C23H31FN2O4S/c1-14-4-5-17(24)7-18(14)31(29,30)26-21(2,3)19(27)12-22-8-15-6-16(9-22)11-23(10-15,13-22)20(25)28/h4-5,7,15-16,26H,6,8-13H2,1-3H3,(H2,25,28). The van der Waals surface area contributed by atoms with Crippen molar-refractivity contribution < 1.29 is 22.4 Å². The summed E-state index contributed by atoms with van der Waals surface area (Å²) < 4.78 is 42.0. The van der Waals surface area contributed by atoms with Gasteiger partial charge in [0, 0.05) is 6.42 Å². The summed E-state index contributed by atoms with van der Waals surface area (Å²) >= 11 is 0. The molecule has 4 fully saturated rings. The largest absolute Gasteiger partial charge is 0.369 e. The highest BCUT2D eigenvalue weighted by Gasteiger charge is 2.60. The summed E-state index contributed by atoms with van der Waals surface area (Å²) in [6, 6.07) is 3.57. The summed E-state index contributed by atoms with van der Waals surface area (Å²) in [5.41, 5.74) is 4.02. The number of nitrogens with one attached hydrogen (secondary N) is 1. The van der Waals surface area contributed by atoms with Crippen molar-refractivity contribution in [1.29, 1.82) is 0 Å². The van der Waals surface area contributed by atoms with Gasteiger partial charge in [-0.3, -0.25) is 9.59 Å². The van der Waals surface area contributed by atoms with Crippen LogP contribution in [0.5, 0.6) is 0 Å². The molecule has 1 aromatic carbocycles. The first kappa shape index (κ1) is 22.4. The maximum absolute atomic E-state index is 13.7. The lowest BCUT2D eigenvalue weighted by Crippen LogP contribution is -2.58. The van der Waals surface area contributed by atoms with E-state index >= 15 is 0 Å². The number of hydrogen-bond donors (Lipinski definition) is 2. The summed E-state index contributed by atoms with van der Waals surface area (Å²) in [4.78, 5) is 25.5. The molecule has 0 aliphatic heterocycles. The van der Waals surface area contributed by atoms with E-state index in [9.17, 15) is 22.4 Å². The molecular weight excluding hydrogens is 419 g/mol. The number of Topliss-reactive ketones (excluding diaryl/α,β-unsaturated/α-hetero) is 1. The van der Waals surface area contributed by atoms with Crippen molar-refractivity contribution in [2.24, 2.45) is 28.4 Å². The van der Waals surface area contributed by atoms with Crippen LogP contribution in [0.15, 0.2) is 23.1 Å². The molecule has 0 aromatic heterocycles. The lowest BCUT2D eigenvalue weighted by atomic mass is 9.43. The highest BCUT2D eigenvalue weighted by molar-refractivity contribution is 7.89. The van der Waals surface area contributed by atoms with Crippen LogP contribution >= 0.6 is 0 Å². The smallest absolute Gasteiger partial charge is 0.241 e. The first-order chi connectivity index (χ1) is 14.3.